The van der Waals surface area contributed by atoms with Crippen molar-refractivity contribution >= 4 is 39.3 Å². The summed E-state index contributed by atoms with van der Waals surface area (Å²) in [5.41, 5.74) is 2.67. The fraction of sp³-hybridized carbons (Fsp3) is 0.0938. The Balaban J connectivity index is 1.31. The van der Waals surface area contributed by atoms with Crippen molar-refractivity contribution in [2.75, 3.05) is 17.7 Å². The second kappa shape index (κ2) is 10.7. The van der Waals surface area contributed by atoms with E-state index in [2.05, 4.69) is 69.2 Å². The van der Waals surface area contributed by atoms with Gasteiger partial charge in [0.1, 0.15) is 5.75 Å². The van der Waals surface area contributed by atoms with Gasteiger partial charge in [0, 0.05) is 18.7 Å². The lowest BCUT2D eigenvalue weighted by Gasteiger charge is -2.10. The number of nitrogens with zero attached hydrogens (tertiary/aromatic N) is 3. The van der Waals surface area contributed by atoms with E-state index >= 15 is 0 Å². The molecule has 0 saturated heterocycles. The zero-order valence-corrected chi connectivity index (χ0v) is 21.5. The fourth-order valence-electron chi connectivity index (χ4n) is 4.76. The Morgan fingerprint density at radius 3 is 2.00 bits per heavy atom. The number of hydrogen-bond donors (Lipinski definition) is 2. The van der Waals surface area contributed by atoms with Gasteiger partial charge in [0.05, 0.1) is 7.11 Å². The maximum atomic E-state index is 13.6. The number of carbonyl (C=O) groups excluding carboxylic acids is 1. The Labute approximate surface area is 226 Å². The van der Waals surface area contributed by atoms with Gasteiger partial charge in [-0.1, -0.05) is 91.0 Å². The molecule has 7 heteroatoms. The van der Waals surface area contributed by atoms with Crippen molar-refractivity contribution in [2.24, 2.45) is 0 Å². The second-order valence-corrected chi connectivity index (χ2v) is 9.19. The normalized spacial score (nSPS) is 11.0. The number of hydrogen-bond acceptors (Lipinski definition) is 6. The molecule has 0 aliphatic rings. The summed E-state index contributed by atoms with van der Waals surface area (Å²) in [5, 5.41) is 15.8. The van der Waals surface area contributed by atoms with Crippen molar-refractivity contribution < 1.29 is 9.53 Å². The molecular weight excluding hydrogens is 486 g/mol. The van der Waals surface area contributed by atoms with Crippen LogP contribution in [0.5, 0.6) is 5.75 Å². The van der Waals surface area contributed by atoms with E-state index in [-0.39, 0.29) is 5.91 Å². The van der Waals surface area contributed by atoms with E-state index in [0.29, 0.717) is 36.3 Å². The zero-order chi connectivity index (χ0) is 26.6. The number of carbonyl (C=O) groups is 1. The SMILES string of the molecule is COc1cccc(C(=O)n2nc(NCc3cccc4ccccc34)nc2NCc2cccc3ccccc23)c1. The van der Waals surface area contributed by atoms with Gasteiger partial charge in [0.2, 0.25) is 11.9 Å². The van der Waals surface area contributed by atoms with E-state index in [4.69, 9.17) is 4.74 Å². The van der Waals surface area contributed by atoms with Crippen LogP contribution in [0.25, 0.3) is 21.5 Å². The first kappa shape index (κ1) is 24.2. The molecule has 5 aromatic carbocycles. The van der Waals surface area contributed by atoms with Gasteiger partial charge in [-0.25, -0.2) is 0 Å². The zero-order valence-electron chi connectivity index (χ0n) is 21.5. The molecule has 1 heterocycles. The Hall–Kier alpha value is -5.17. The highest BCUT2D eigenvalue weighted by Crippen LogP contribution is 2.23. The minimum absolute atomic E-state index is 0.306. The number of methoxy groups -OCH3 is 1. The van der Waals surface area contributed by atoms with Crippen LogP contribution >= 0.6 is 0 Å². The fourth-order valence-corrected chi connectivity index (χ4v) is 4.76. The lowest BCUT2D eigenvalue weighted by molar-refractivity contribution is 0.0947. The monoisotopic (exact) mass is 513 g/mol. The first-order valence-corrected chi connectivity index (χ1v) is 12.8. The van der Waals surface area contributed by atoms with Crippen LogP contribution in [0.2, 0.25) is 0 Å². The molecule has 6 rings (SSSR count). The third-order valence-electron chi connectivity index (χ3n) is 6.75. The topological polar surface area (TPSA) is 81.1 Å². The largest absolute Gasteiger partial charge is 0.497 e. The smallest absolute Gasteiger partial charge is 0.281 e. The molecule has 2 N–H and O–H groups in total. The summed E-state index contributed by atoms with van der Waals surface area (Å²) in [4.78, 5) is 18.2. The molecule has 6 aromatic rings. The maximum absolute atomic E-state index is 13.6. The van der Waals surface area contributed by atoms with Crippen LogP contribution in [0.4, 0.5) is 11.9 Å². The molecule has 0 radical (unpaired) electrons. The van der Waals surface area contributed by atoms with Crippen LogP contribution in [0.1, 0.15) is 21.5 Å². The maximum Gasteiger partial charge on any atom is 0.281 e. The van der Waals surface area contributed by atoms with E-state index in [9.17, 15) is 4.79 Å². The Bertz CT molecular complexity index is 1780. The van der Waals surface area contributed by atoms with Gasteiger partial charge in [-0.3, -0.25) is 4.79 Å². The predicted octanol–water partition coefficient (Wildman–Crippen LogP) is 6.51. The first-order chi connectivity index (χ1) is 19.2. The van der Waals surface area contributed by atoms with E-state index in [1.165, 1.54) is 10.1 Å². The first-order valence-electron chi connectivity index (χ1n) is 12.8. The van der Waals surface area contributed by atoms with Gasteiger partial charge >= 0.3 is 0 Å². The molecule has 0 bridgehead atoms. The summed E-state index contributed by atoms with van der Waals surface area (Å²) in [5.74, 6) is 1.01. The number of ether oxygens (including phenoxy) is 1. The number of aromatic nitrogens is 3. The molecule has 0 fully saturated rings. The molecule has 7 nitrogen and oxygen atoms in total. The van der Waals surface area contributed by atoms with Crippen molar-refractivity contribution in [2.45, 2.75) is 13.1 Å². The second-order valence-electron chi connectivity index (χ2n) is 9.19. The molecule has 39 heavy (non-hydrogen) atoms. The average molecular weight is 514 g/mol. The molecular formula is C32H27N5O2. The lowest BCUT2D eigenvalue weighted by Crippen LogP contribution is -2.17. The average Bonchev–Trinajstić information content (AvgIpc) is 3.41. The molecule has 0 aliphatic carbocycles. The summed E-state index contributed by atoms with van der Waals surface area (Å²) in [7, 11) is 1.57. The van der Waals surface area contributed by atoms with Crippen molar-refractivity contribution in [1.29, 1.82) is 0 Å². The van der Waals surface area contributed by atoms with Gasteiger partial charge in [-0.05, 0) is 50.9 Å². The Morgan fingerprint density at radius 1 is 0.744 bits per heavy atom. The minimum atomic E-state index is -0.306. The van der Waals surface area contributed by atoms with Crippen LogP contribution in [0, 0.1) is 0 Å². The molecule has 1 aromatic heterocycles. The highest BCUT2D eigenvalue weighted by atomic mass is 16.5. The van der Waals surface area contributed by atoms with Gasteiger partial charge in [0.15, 0.2) is 0 Å². The van der Waals surface area contributed by atoms with Gasteiger partial charge in [-0.15, -0.1) is 5.10 Å². The summed E-state index contributed by atoms with van der Waals surface area (Å²) < 4.78 is 6.63. The van der Waals surface area contributed by atoms with Crippen molar-refractivity contribution in [3.05, 3.63) is 126 Å². The molecule has 0 amide bonds. The number of rotatable bonds is 8. The van der Waals surface area contributed by atoms with Gasteiger partial charge < -0.3 is 15.4 Å². The van der Waals surface area contributed by atoms with Gasteiger partial charge in [-0.2, -0.15) is 9.67 Å². The number of benzene rings is 5. The molecule has 0 saturated carbocycles. The predicted molar refractivity (Wildman–Crippen MR) is 155 cm³/mol. The third-order valence-corrected chi connectivity index (χ3v) is 6.75. The van der Waals surface area contributed by atoms with E-state index < -0.39 is 0 Å². The quantitative estimate of drug-likeness (QED) is 0.242. The number of fused-ring (bicyclic) bond motifs is 2. The van der Waals surface area contributed by atoms with Crippen LogP contribution in [-0.4, -0.2) is 27.8 Å². The minimum Gasteiger partial charge on any atom is -0.497 e. The van der Waals surface area contributed by atoms with Crippen LogP contribution in [0.3, 0.4) is 0 Å². The van der Waals surface area contributed by atoms with E-state index in [1.807, 2.05) is 36.4 Å². The molecule has 0 atom stereocenters. The van der Waals surface area contributed by atoms with Gasteiger partial charge in [0.25, 0.3) is 5.91 Å². The summed E-state index contributed by atoms with van der Waals surface area (Å²) in [6, 6.07) is 35.9. The molecule has 0 unspecified atom stereocenters. The molecule has 0 aliphatic heterocycles. The highest BCUT2D eigenvalue weighted by Gasteiger charge is 2.19. The molecule has 0 spiro atoms. The number of nitrogens with one attached hydrogen (secondary N) is 2. The van der Waals surface area contributed by atoms with Crippen molar-refractivity contribution in [3.8, 4) is 5.75 Å². The lowest BCUT2D eigenvalue weighted by atomic mass is 10.0. The van der Waals surface area contributed by atoms with Crippen molar-refractivity contribution in [3.63, 3.8) is 0 Å². The van der Waals surface area contributed by atoms with E-state index in [0.717, 1.165) is 27.3 Å². The summed E-state index contributed by atoms with van der Waals surface area (Å²) >= 11 is 0. The highest BCUT2D eigenvalue weighted by molar-refractivity contribution is 5.97. The van der Waals surface area contributed by atoms with Crippen LogP contribution in [0.15, 0.2) is 109 Å². The van der Waals surface area contributed by atoms with E-state index in [1.54, 1.807) is 31.4 Å². The Morgan fingerprint density at radius 2 is 1.33 bits per heavy atom. The van der Waals surface area contributed by atoms with Crippen LogP contribution in [-0.2, 0) is 13.1 Å². The molecule has 192 valence electrons. The third kappa shape index (κ3) is 5.02. The Kier molecular flexibility index (Phi) is 6.62. The van der Waals surface area contributed by atoms with Crippen molar-refractivity contribution in [1.82, 2.24) is 14.8 Å². The summed E-state index contributed by atoms with van der Waals surface area (Å²) in [6.07, 6.45) is 0. The van der Waals surface area contributed by atoms with Crippen LogP contribution < -0.4 is 15.4 Å². The standard InChI is InChI=1S/C32H27N5O2/c1-39-27-16-8-13-24(19-27)30(38)37-32(34-21-26-15-7-12-23-10-3-5-18-29(23)26)35-31(36-37)33-20-25-14-6-11-22-9-2-4-17-28(22)25/h2-19H,20-21H2,1H3,(H2,33,34,35,36). The summed E-state index contributed by atoms with van der Waals surface area (Å²) in [6.45, 7) is 0.996. The number of anilines is 2.